The van der Waals surface area contributed by atoms with Crippen LogP contribution in [0.5, 0.6) is 0 Å². The molecule has 2 atom stereocenters. The molecule has 4 nitrogen and oxygen atoms in total. The molecule has 0 spiro atoms. The molecule has 0 bridgehead atoms. The van der Waals surface area contributed by atoms with Crippen molar-refractivity contribution >= 4 is 0 Å². The fraction of sp³-hybridized carbons (Fsp3) is 0.857. The van der Waals surface area contributed by atoms with Crippen LogP contribution in [0.4, 0.5) is 0 Å². The lowest BCUT2D eigenvalue weighted by Gasteiger charge is -2.26. The third-order valence-electron chi connectivity index (χ3n) is 3.69. The number of nitrogens with one attached hydrogen (secondary N) is 1. The molecule has 0 aliphatic heterocycles. The fourth-order valence-corrected chi connectivity index (χ4v) is 2.16. The van der Waals surface area contributed by atoms with E-state index in [1.165, 1.54) is 0 Å². The second-order valence-electron chi connectivity index (χ2n) is 5.95. The van der Waals surface area contributed by atoms with Crippen LogP contribution >= 0.6 is 0 Å². The number of likely N-dealkylation sites (N-methyl/N-ethyl adjacent to an activating group) is 1. The van der Waals surface area contributed by atoms with E-state index in [0.29, 0.717) is 23.8 Å². The maximum Gasteiger partial charge on any atom is 0.138 e. The monoisotopic (exact) mass is 252 g/mol. The summed E-state index contributed by atoms with van der Waals surface area (Å²) in [6, 6.07) is 0.458. The zero-order valence-electron chi connectivity index (χ0n) is 12.6. The van der Waals surface area contributed by atoms with Crippen LogP contribution in [0.15, 0.2) is 6.33 Å². The first-order chi connectivity index (χ1) is 8.45. The summed E-state index contributed by atoms with van der Waals surface area (Å²) in [7, 11) is 2.03. The molecular formula is C14H28N4. The molecule has 18 heavy (non-hydrogen) atoms. The van der Waals surface area contributed by atoms with Crippen molar-refractivity contribution in [2.75, 3.05) is 7.05 Å². The van der Waals surface area contributed by atoms with Gasteiger partial charge in [-0.15, -0.1) is 0 Å². The average Bonchev–Trinajstić information content (AvgIpc) is 2.71. The first kappa shape index (κ1) is 15.2. The number of hydrogen-bond acceptors (Lipinski definition) is 3. The van der Waals surface area contributed by atoms with E-state index in [0.717, 1.165) is 18.8 Å². The Balaban J connectivity index is 2.73. The van der Waals surface area contributed by atoms with Crippen molar-refractivity contribution in [2.45, 2.75) is 53.6 Å². The first-order valence-electron chi connectivity index (χ1n) is 6.99. The summed E-state index contributed by atoms with van der Waals surface area (Å²) < 4.78 is 2.04. The molecule has 104 valence electrons. The molecule has 1 rings (SSSR count). The van der Waals surface area contributed by atoms with Crippen LogP contribution in [0.1, 0.15) is 40.4 Å². The highest BCUT2D eigenvalue weighted by molar-refractivity contribution is 4.92. The van der Waals surface area contributed by atoms with Gasteiger partial charge >= 0.3 is 0 Å². The molecule has 2 unspecified atom stereocenters. The quantitative estimate of drug-likeness (QED) is 0.810. The molecule has 1 N–H and O–H groups in total. The Morgan fingerprint density at radius 3 is 2.39 bits per heavy atom. The molecule has 1 heterocycles. The van der Waals surface area contributed by atoms with Gasteiger partial charge in [0.05, 0.1) is 0 Å². The third-order valence-corrected chi connectivity index (χ3v) is 3.69. The first-order valence-corrected chi connectivity index (χ1v) is 6.99. The zero-order valence-corrected chi connectivity index (χ0v) is 12.6. The maximum absolute atomic E-state index is 4.41. The predicted molar refractivity (Wildman–Crippen MR) is 75.4 cm³/mol. The summed E-state index contributed by atoms with van der Waals surface area (Å²) in [5, 5.41) is 7.75. The third kappa shape index (κ3) is 4.09. The Kier molecular flexibility index (Phi) is 5.79. The second-order valence-corrected chi connectivity index (χ2v) is 5.95. The van der Waals surface area contributed by atoms with Gasteiger partial charge in [-0.05, 0) is 24.8 Å². The van der Waals surface area contributed by atoms with Gasteiger partial charge in [0.15, 0.2) is 0 Å². The van der Waals surface area contributed by atoms with E-state index in [9.17, 15) is 0 Å². The lowest BCUT2D eigenvalue weighted by Crippen LogP contribution is -2.37. The van der Waals surface area contributed by atoms with Crippen molar-refractivity contribution in [3.63, 3.8) is 0 Å². The molecule has 1 aromatic heterocycles. The van der Waals surface area contributed by atoms with Crippen molar-refractivity contribution in [1.82, 2.24) is 20.1 Å². The van der Waals surface area contributed by atoms with Crippen LogP contribution in [-0.2, 0) is 13.0 Å². The molecule has 4 heteroatoms. The van der Waals surface area contributed by atoms with Crippen LogP contribution in [0.25, 0.3) is 0 Å². The summed E-state index contributed by atoms with van der Waals surface area (Å²) in [6.07, 6.45) is 2.62. The van der Waals surface area contributed by atoms with E-state index in [4.69, 9.17) is 0 Å². The lowest BCUT2D eigenvalue weighted by molar-refractivity contribution is 0.301. The maximum atomic E-state index is 4.41. The molecule has 0 aliphatic rings. The Morgan fingerprint density at radius 1 is 1.22 bits per heavy atom. The minimum Gasteiger partial charge on any atom is -0.316 e. The molecular weight excluding hydrogens is 224 g/mol. The van der Waals surface area contributed by atoms with Gasteiger partial charge in [-0.25, -0.2) is 9.67 Å². The van der Waals surface area contributed by atoms with E-state index in [2.05, 4.69) is 50.0 Å². The number of aromatic nitrogens is 3. The normalized spacial score (nSPS) is 15.3. The molecule has 0 radical (unpaired) electrons. The standard InChI is InChI=1S/C14H28N4/c1-10(2)8-18-14(16-9-17-18)7-13(15-6)12(5)11(3)4/h9-13,15H,7-8H2,1-6H3. The fourth-order valence-electron chi connectivity index (χ4n) is 2.16. The van der Waals surface area contributed by atoms with E-state index >= 15 is 0 Å². The highest BCUT2D eigenvalue weighted by Crippen LogP contribution is 2.17. The Morgan fingerprint density at radius 2 is 1.89 bits per heavy atom. The van der Waals surface area contributed by atoms with Gasteiger partial charge in [-0.3, -0.25) is 0 Å². The van der Waals surface area contributed by atoms with Crippen LogP contribution in [0, 0.1) is 17.8 Å². The molecule has 0 saturated carbocycles. The van der Waals surface area contributed by atoms with Crippen molar-refractivity contribution in [1.29, 1.82) is 0 Å². The molecule has 1 aromatic rings. The molecule has 0 amide bonds. The van der Waals surface area contributed by atoms with Crippen molar-refractivity contribution in [3.8, 4) is 0 Å². The summed E-state index contributed by atoms with van der Waals surface area (Å²) >= 11 is 0. The predicted octanol–water partition coefficient (Wildman–Crippen LogP) is 2.36. The summed E-state index contributed by atoms with van der Waals surface area (Å²) in [5.41, 5.74) is 0. The molecule has 0 aromatic carbocycles. The van der Waals surface area contributed by atoms with Gasteiger partial charge < -0.3 is 5.32 Å². The topological polar surface area (TPSA) is 42.7 Å². The van der Waals surface area contributed by atoms with Crippen molar-refractivity contribution in [2.24, 2.45) is 17.8 Å². The number of hydrogen-bond donors (Lipinski definition) is 1. The number of nitrogens with zero attached hydrogens (tertiary/aromatic N) is 3. The lowest BCUT2D eigenvalue weighted by atomic mass is 9.88. The zero-order chi connectivity index (χ0) is 13.7. The van der Waals surface area contributed by atoms with Gasteiger partial charge in [0.2, 0.25) is 0 Å². The van der Waals surface area contributed by atoms with Crippen molar-refractivity contribution < 1.29 is 0 Å². The van der Waals surface area contributed by atoms with Crippen LogP contribution < -0.4 is 5.32 Å². The van der Waals surface area contributed by atoms with Crippen LogP contribution in [0.3, 0.4) is 0 Å². The van der Waals surface area contributed by atoms with E-state index in [-0.39, 0.29) is 0 Å². The van der Waals surface area contributed by atoms with Crippen molar-refractivity contribution in [3.05, 3.63) is 12.2 Å². The molecule has 0 fully saturated rings. The smallest absolute Gasteiger partial charge is 0.138 e. The van der Waals surface area contributed by atoms with Gasteiger partial charge in [0.1, 0.15) is 12.2 Å². The van der Waals surface area contributed by atoms with Crippen LogP contribution in [-0.4, -0.2) is 27.9 Å². The largest absolute Gasteiger partial charge is 0.316 e. The highest BCUT2D eigenvalue weighted by atomic mass is 15.3. The summed E-state index contributed by atoms with van der Waals surface area (Å²) in [4.78, 5) is 4.41. The average molecular weight is 252 g/mol. The van der Waals surface area contributed by atoms with E-state index in [1.807, 2.05) is 11.7 Å². The van der Waals surface area contributed by atoms with Gasteiger partial charge in [0.25, 0.3) is 0 Å². The van der Waals surface area contributed by atoms with E-state index in [1.54, 1.807) is 6.33 Å². The minimum atomic E-state index is 0.458. The molecule has 0 saturated heterocycles. The van der Waals surface area contributed by atoms with Gasteiger partial charge in [-0.2, -0.15) is 5.10 Å². The van der Waals surface area contributed by atoms with Gasteiger partial charge in [0, 0.05) is 19.0 Å². The second kappa shape index (κ2) is 6.88. The summed E-state index contributed by atoms with van der Waals surface area (Å²) in [5.74, 6) is 2.99. The van der Waals surface area contributed by atoms with Crippen LogP contribution in [0.2, 0.25) is 0 Å². The Labute approximate surface area is 111 Å². The SMILES string of the molecule is CNC(Cc1ncnn1CC(C)C)C(C)C(C)C. The molecule has 0 aliphatic carbocycles. The number of rotatable bonds is 7. The Bertz CT molecular complexity index is 343. The highest BCUT2D eigenvalue weighted by Gasteiger charge is 2.21. The van der Waals surface area contributed by atoms with E-state index < -0.39 is 0 Å². The summed E-state index contributed by atoms with van der Waals surface area (Å²) in [6.45, 7) is 12.2. The minimum absolute atomic E-state index is 0.458. The Hall–Kier alpha value is -0.900. The van der Waals surface area contributed by atoms with Gasteiger partial charge in [-0.1, -0.05) is 34.6 Å².